The average Bonchev–Trinajstić information content (AvgIpc) is 3.00. The van der Waals surface area contributed by atoms with Crippen LogP contribution in [0.1, 0.15) is 5.56 Å². The number of aromatic nitrogens is 3. The number of nitrogens with two attached hydrogens (primary N) is 1. The standard InChI is InChI=1S/C14H13N5S/c15-13-17-12(11-6-7-20-9-11)18-14(19-13)16-8-10-4-2-1-3-5-10/h1-7,9H,8H2,(H3,15,16,17,18,19). The molecule has 0 amide bonds. The fourth-order valence-corrected chi connectivity index (χ4v) is 2.40. The Balaban J connectivity index is 1.80. The fraction of sp³-hybridized carbons (Fsp3) is 0.0714. The number of benzene rings is 1. The Morgan fingerprint density at radius 2 is 1.90 bits per heavy atom. The van der Waals surface area contributed by atoms with Crippen molar-refractivity contribution in [3.63, 3.8) is 0 Å². The molecule has 0 atom stereocenters. The normalized spacial score (nSPS) is 10.4. The largest absolute Gasteiger partial charge is 0.368 e. The summed E-state index contributed by atoms with van der Waals surface area (Å²) < 4.78 is 0. The summed E-state index contributed by atoms with van der Waals surface area (Å²) in [6.45, 7) is 0.646. The van der Waals surface area contributed by atoms with Crippen molar-refractivity contribution >= 4 is 23.2 Å². The van der Waals surface area contributed by atoms with Crippen LogP contribution in [0.5, 0.6) is 0 Å². The summed E-state index contributed by atoms with van der Waals surface area (Å²) in [6.07, 6.45) is 0. The van der Waals surface area contributed by atoms with E-state index in [9.17, 15) is 0 Å². The van der Waals surface area contributed by atoms with E-state index < -0.39 is 0 Å². The molecule has 20 heavy (non-hydrogen) atoms. The van der Waals surface area contributed by atoms with E-state index >= 15 is 0 Å². The van der Waals surface area contributed by atoms with Gasteiger partial charge in [-0.15, -0.1) is 0 Å². The second kappa shape index (κ2) is 5.66. The third kappa shape index (κ3) is 2.92. The molecule has 0 bridgehead atoms. The van der Waals surface area contributed by atoms with E-state index in [0.717, 1.165) is 11.1 Å². The van der Waals surface area contributed by atoms with Crippen LogP contribution in [-0.4, -0.2) is 15.0 Å². The topological polar surface area (TPSA) is 76.7 Å². The quantitative estimate of drug-likeness (QED) is 0.770. The van der Waals surface area contributed by atoms with Crippen LogP contribution in [0, 0.1) is 0 Å². The molecule has 0 spiro atoms. The molecule has 0 unspecified atom stereocenters. The van der Waals surface area contributed by atoms with Crippen molar-refractivity contribution in [2.75, 3.05) is 11.1 Å². The molecule has 1 aromatic carbocycles. The summed E-state index contributed by atoms with van der Waals surface area (Å²) in [5.41, 5.74) is 7.84. The first kappa shape index (κ1) is 12.6. The van der Waals surface area contributed by atoms with Crippen molar-refractivity contribution in [3.05, 3.63) is 52.7 Å². The molecule has 2 heterocycles. The number of nitrogen functional groups attached to an aromatic ring is 1. The maximum Gasteiger partial charge on any atom is 0.228 e. The van der Waals surface area contributed by atoms with Gasteiger partial charge in [-0.25, -0.2) is 0 Å². The van der Waals surface area contributed by atoms with Crippen LogP contribution in [0.15, 0.2) is 47.2 Å². The van der Waals surface area contributed by atoms with Crippen molar-refractivity contribution in [2.45, 2.75) is 6.54 Å². The molecular formula is C14H13N5S. The maximum atomic E-state index is 5.74. The predicted octanol–water partition coefficient (Wildman–Crippen LogP) is 2.79. The minimum absolute atomic E-state index is 0.219. The van der Waals surface area contributed by atoms with Crippen LogP contribution in [-0.2, 0) is 6.54 Å². The molecule has 3 N–H and O–H groups in total. The summed E-state index contributed by atoms with van der Waals surface area (Å²) in [4.78, 5) is 12.6. The summed E-state index contributed by atoms with van der Waals surface area (Å²) >= 11 is 1.59. The number of anilines is 2. The molecule has 6 heteroatoms. The number of nitrogens with one attached hydrogen (secondary N) is 1. The predicted molar refractivity (Wildman–Crippen MR) is 81.3 cm³/mol. The monoisotopic (exact) mass is 283 g/mol. The van der Waals surface area contributed by atoms with Gasteiger partial charge in [0.2, 0.25) is 11.9 Å². The van der Waals surface area contributed by atoms with Gasteiger partial charge in [0.25, 0.3) is 0 Å². The molecule has 0 saturated heterocycles. The van der Waals surface area contributed by atoms with E-state index in [4.69, 9.17) is 5.73 Å². The van der Waals surface area contributed by atoms with Gasteiger partial charge in [-0.2, -0.15) is 26.3 Å². The molecule has 100 valence electrons. The van der Waals surface area contributed by atoms with Crippen LogP contribution >= 0.6 is 11.3 Å². The fourth-order valence-electron chi connectivity index (χ4n) is 1.77. The number of hydrogen-bond donors (Lipinski definition) is 2. The zero-order valence-electron chi connectivity index (χ0n) is 10.7. The number of nitrogens with zero attached hydrogens (tertiary/aromatic N) is 3. The Labute approximate surface area is 120 Å². The van der Waals surface area contributed by atoms with Gasteiger partial charge in [0.1, 0.15) is 0 Å². The lowest BCUT2D eigenvalue weighted by atomic mass is 10.2. The SMILES string of the molecule is Nc1nc(NCc2ccccc2)nc(-c2ccsc2)n1. The second-order valence-corrected chi connectivity index (χ2v) is 4.97. The molecule has 0 aliphatic heterocycles. The van der Waals surface area contributed by atoms with Crippen molar-refractivity contribution in [1.82, 2.24) is 15.0 Å². The van der Waals surface area contributed by atoms with Gasteiger partial charge in [0.05, 0.1) is 0 Å². The average molecular weight is 283 g/mol. The van der Waals surface area contributed by atoms with Gasteiger partial charge >= 0.3 is 0 Å². The molecular weight excluding hydrogens is 270 g/mol. The van der Waals surface area contributed by atoms with Gasteiger partial charge < -0.3 is 11.1 Å². The summed E-state index contributed by atoms with van der Waals surface area (Å²) in [5, 5.41) is 7.13. The number of rotatable bonds is 4. The lowest BCUT2D eigenvalue weighted by Gasteiger charge is -2.06. The summed E-state index contributed by atoms with van der Waals surface area (Å²) in [5.74, 6) is 1.30. The highest BCUT2D eigenvalue weighted by molar-refractivity contribution is 7.08. The summed E-state index contributed by atoms with van der Waals surface area (Å²) in [6, 6.07) is 12.0. The van der Waals surface area contributed by atoms with E-state index in [1.165, 1.54) is 0 Å². The number of hydrogen-bond acceptors (Lipinski definition) is 6. The first-order chi connectivity index (χ1) is 9.81. The van der Waals surface area contributed by atoms with Crippen LogP contribution in [0.3, 0.4) is 0 Å². The van der Waals surface area contributed by atoms with Crippen molar-refractivity contribution in [2.24, 2.45) is 0 Å². The Kier molecular flexibility index (Phi) is 3.56. The number of thiophene rings is 1. The highest BCUT2D eigenvalue weighted by Crippen LogP contribution is 2.19. The Morgan fingerprint density at radius 3 is 2.65 bits per heavy atom. The van der Waals surface area contributed by atoms with Gasteiger partial charge in [-0.1, -0.05) is 30.3 Å². The van der Waals surface area contributed by atoms with Crippen molar-refractivity contribution in [1.29, 1.82) is 0 Å². The third-order valence-electron chi connectivity index (χ3n) is 2.73. The van der Waals surface area contributed by atoms with Crippen molar-refractivity contribution < 1.29 is 0 Å². The summed E-state index contributed by atoms with van der Waals surface area (Å²) in [7, 11) is 0. The minimum Gasteiger partial charge on any atom is -0.368 e. The molecule has 0 saturated carbocycles. The lowest BCUT2D eigenvalue weighted by molar-refractivity contribution is 1.02. The van der Waals surface area contributed by atoms with Crippen LogP contribution in [0.25, 0.3) is 11.4 Å². The maximum absolute atomic E-state index is 5.74. The lowest BCUT2D eigenvalue weighted by Crippen LogP contribution is -2.07. The van der Waals surface area contributed by atoms with Gasteiger partial charge in [-0.3, -0.25) is 0 Å². The van der Waals surface area contributed by atoms with Crippen molar-refractivity contribution in [3.8, 4) is 11.4 Å². The highest BCUT2D eigenvalue weighted by atomic mass is 32.1. The molecule has 3 rings (SSSR count). The molecule has 3 aromatic rings. The van der Waals surface area contributed by atoms with Crippen LogP contribution in [0.2, 0.25) is 0 Å². The minimum atomic E-state index is 0.219. The molecule has 0 fully saturated rings. The zero-order valence-corrected chi connectivity index (χ0v) is 11.5. The molecule has 0 radical (unpaired) electrons. The van der Waals surface area contributed by atoms with Gasteiger partial charge in [-0.05, 0) is 17.0 Å². The Hall–Kier alpha value is -2.47. The molecule has 0 aliphatic carbocycles. The smallest absolute Gasteiger partial charge is 0.228 e. The molecule has 2 aromatic heterocycles. The third-order valence-corrected chi connectivity index (χ3v) is 3.41. The van der Waals surface area contributed by atoms with E-state index in [1.807, 2.05) is 47.2 Å². The van der Waals surface area contributed by atoms with E-state index in [-0.39, 0.29) is 5.95 Å². The zero-order chi connectivity index (χ0) is 13.8. The van der Waals surface area contributed by atoms with Gasteiger partial charge in [0, 0.05) is 17.5 Å². The Bertz CT molecular complexity index is 682. The Morgan fingerprint density at radius 1 is 1.05 bits per heavy atom. The van der Waals surface area contributed by atoms with Crippen LogP contribution in [0.4, 0.5) is 11.9 Å². The van der Waals surface area contributed by atoms with E-state index in [2.05, 4.69) is 20.3 Å². The van der Waals surface area contributed by atoms with E-state index in [1.54, 1.807) is 11.3 Å². The first-order valence-corrected chi connectivity index (χ1v) is 7.07. The van der Waals surface area contributed by atoms with Gasteiger partial charge in [0.15, 0.2) is 5.82 Å². The molecule has 5 nitrogen and oxygen atoms in total. The second-order valence-electron chi connectivity index (χ2n) is 4.19. The highest BCUT2D eigenvalue weighted by Gasteiger charge is 2.07. The van der Waals surface area contributed by atoms with Crippen LogP contribution < -0.4 is 11.1 Å². The molecule has 0 aliphatic rings. The van der Waals surface area contributed by atoms with E-state index in [0.29, 0.717) is 18.3 Å². The first-order valence-electron chi connectivity index (χ1n) is 6.13.